The van der Waals surface area contributed by atoms with Crippen molar-refractivity contribution in [3.05, 3.63) is 48.2 Å². The van der Waals surface area contributed by atoms with Crippen LogP contribution in [0, 0.1) is 0 Å². The highest BCUT2D eigenvalue weighted by atomic mass is 32.2. The second-order valence-electron chi connectivity index (χ2n) is 9.03. The molecule has 1 heterocycles. The summed E-state index contributed by atoms with van der Waals surface area (Å²) in [4.78, 5) is 5.59. The van der Waals surface area contributed by atoms with Crippen LogP contribution in [-0.4, -0.2) is 55.6 Å². The Hall–Kier alpha value is -2.55. The van der Waals surface area contributed by atoms with Crippen molar-refractivity contribution in [1.82, 2.24) is 9.29 Å². The van der Waals surface area contributed by atoms with Crippen LogP contribution in [0.4, 0.5) is 5.69 Å². The highest BCUT2D eigenvalue weighted by Gasteiger charge is 2.30. The largest absolute Gasteiger partial charge is 0.454 e. The lowest BCUT2D eigenvalue weighted by molar-refractivity contribution is 0.299. The lowest BCUT2D eigenvalue weighted by Gasteiger charge is -2.30. The van der Waals surface area contributed by atoms with Crippen LogP contribution in [0.2, 0.25) is 0 Å². The number of aromatic amines is 1. The fourth-order valence-electron chi connectivity index (χ4n) is 4.41. The van der Waals surface area contributed by atoms with E-state index in [1.807, 2.05) is 50.4 Å². The van der Waals surface area contributed by atoms with Crippen LogP contribution >= 0.6 is 0 Å². The van der Waals surface area contributed by atoms with Crippen molar-refractivity contribution in [2.24, 2.45) is 0 Å². The van der Waals surface area contributed by atoms with Gasteiger partial charge < -0.3 is 19.7 Å². The van der Waals surface area contributed by atoms with Gasteiger partial charge in [0.1, 0.15) is 10.6 Å². The minimum atomic E-state index is -3.83. The average Bonchev–Trinajstić information content (AvgIpc) is 3.33. The summed E-state index contributed by atoms with van der Waals surface area (Å²) in [5, 5.41) is 10.7. The minimum absolute atomic E-state index is 0.0571. The number of nitrogens with one attached hydrogen (secondary N) is 1. The molecule has 8 heteroatoms. The van der Waals surface area contributed by atoms with Gasteiger partial charge in [0.15, 0.2) is 5.75 Å². The van der Waals surface area contributed by atoms with Gasteiger partial charge in [-0.3, -0.25) is 0 Å². The maximum atomic E-state index is 13.9. The Balaban J connectivity index is 2.26. The summed E-state index contributed by atoms with van der Waals surface area (Å²) in [7, 11) is -3.83. The summed E-state index contributed by atoms with van der Waals surface area (Å²) in [6.07, 6.45) is 6.28. The lowest BCUT2D eigenvalue weighted by Crippen LogP contribution is -2.32. The third-order valence-electron chi connectivity index (χ3n) is 6.47. The van der Waals surface area contributed by atoms with E-state index in [-0.39, 0.29) is 11.5 Å². The third kappa shape index (κ3) is 6.41. The molecule has 0 fully saturated rings. The monoisotopic (exact) mass is 515 g/mol. The molecule has 198 valence electrons. The SMILES string of the molecule is CCCCN(CCCC)c1cc(CCO)cc(S(=O)(=O)N(CC)CC)c1Oc1ccc2[nH]ccc2c1. The summed E-state index contributed by atoms with van der Waals surface area (Å²) in [6.45, 7) is 10.3. The predicted molar refractivity (Wildman–Crippen MR) is 148 cm³/mol. The number of unbranched alkanes of at least 4 members (excludes halogenated alkanes) is 2. The van der Waals surface area contributed by atoms with Gasteiger partial charge in [0.25, 0.3) is 0 Å². The molecule has 0 atom stereocenters. The van der Waals surface area contributed by atoms with Crippen molar-refractivity contribution in [2.45, 2.75) is 64.7 Å². The number of aliphatic hydroxyl groups is 1. The van der Waals surface area contributed by atoms with Crippen LogP contribution in [0.15, 0.2) is 47.5 Å². The molecule has 0 unspecified atom stereocenters. The van der Waals surface area contributed by atoms with Crippen molar-refractivity contribution in [1.29, 1.82) is 0 Å². The molecule has 0 saturated heterocycles. The fourth-order valence-corrected chi connectivity index (χ4v) is 6.05. The van der Waals surface area contributed by atoms with E-state index >= 15 is 0 Å². The number of benzene rings is 2. The third-order valence-corrected chi connectivity index (χ3v) is 8.52. The fraction of sp³-hybridized carbons (Fsp3) is 0.500. The number of rotatable bonds is 15. The average molecular weight is 516 g/mol. The first-order valence-corrected chi connectivity index (χ1v) is 14.6. The Morgan fingerprint density at radius 1 is 0.944 bits per heavy atom. The number of H-pyrrole nitrogens is 1. The van der Waals surface area contributed by atoms with Gasteiger partial charge in [-0.2, -0.15) is 4.31 Å². The number of hydrogen-bond donors (Lipinski definition) is 2. The molecule has 0 aliphatic rings. The summed E-state index contributed by atoms with van der Waals surface area (Å²) in [5.74, 6) is 0.936. The Bertz CT molecular complexity index is 1210. The zero-order chi connectivity index (χ0) is 26.1. The Morgan fingerprint density at radius 2 is 1.64 bits per heavy atom. The molecule has 7 nitrogen and oxygen atoms in total. The number of hydrogen-bond acceptors (Lipinski definition) is 5. The van der Waals surface area contributed by atoms with Gasteiger partial charge in [-0.1, -0.05) is 40.5 Å². The highest BCUT2D eigenvalue weighted by molar-refractivity contribution is 7.89. The zero-order valence-electron chi connectivity index (χ0n) is 22.1. The van der Waals surface area contributed by atoms with Crippen molar-refractivity contribution in [3.8, 4) is 11.5 Å². The van der Waals surface area contributed by atoms with Gasteiger partial charge in [0, 0.05) is 49.9 Å². The number of aliphatic hydroxyl groups excluding tert-OH is 1. The minimum Gasteiger partial charge on any atom is -0.454 e. The molecule has 2 aromatic carbocycles. The van der Waals surface area contributed by atoms with E-state index in [0.29, 0.717) is 31.0 Å². The molecular formula is C28H41N3O4S. The van der Waals surface area contributed by atoms with Crippen molar-refractivity contribution in [2.75, 3.05) is 37.7 Å². The van der Waals surface area contributed by atoms with Gasteiger partial charge in [-0.15, -0.1) is 0 Å². The van der Waals surface area contributed by atoms with Gasteiger partial charge in [0.2, 0.25) is 10.0 Å². The molecule has 3 aromatic rings. The van der Waals surface area contributed by atoms with Crippen LogP contribution in [0.5, 0.6) is 11.5 Å². The van der Waals surface area contributed by atoms with Gasteiger partial charge in [-0.05, 0) is 61.2 Å². The molecule has 0 aliphatic carbocycles. The molecule has 0 bridgehead atoms. The summed E-state index contributed by atoms with van der Waals surface area (Å²) >= 11 is 0. The van der Waals surface area contributed by atoms with Crippen LogP contribution < -0.4 is 9.64 Å². The van der Waals surface area contributed by atoms with Gasteiger partial charge >= 0.3 is 0 Å². The van der Waals surface area contributed by atoms with E-state index in [1.54, 1.807) is 6.07 Å². The van der Waals surface area contributed by atoms with Crippen LogP contribution in [-0.2, 0) is 16.4 Å². The maximum absolute atomic E-state index is 13.9. The predicted octanol–water partition coefficient (Wildman–Crippen LogP) is 5.93. The Kier molecular flexibility index (Phi) is 10.2. The number of sulfonamides is 1. The van der Waals surface area contributed by atoms with Crippen molar-refractivity contribution in [3.63, 3.8) is 0 Å². The molecular weight excluding hydrogens is 474 g/mol. The summed E-state index contributed by atoms with van der Waals surface area (Å²) in [6, 6.07) is 11.4. The maximum Gasteiger partial charge on any atom is 0.246 e. The highest BCUT2D eigenvalue weighted by Crippen LogP contribution is 2.41. The van der Waals surface area contributed by atoms with Crippen LogP contribution in [0.25, 0.3) is 10.9 Å². The lowest BCUT2D eigenvalue weighted by atomic mass is 10.1. The Labute approximate surface area is 216 Å². The number of aromatic nitrogens is 1. The summed E-state index contributed by atoms with van der Waals surface area (Å²) < 4.78 is 35.7. The van der Waals surface area contributed by atoms with Crippen molar-refractivity contribution < 1.29 is 18.3 Å². The van der Waals surface area contributed by atoms with Crippen LogP contribution in [0.3, 0.4) is 0 Å². The standard InChI is InChI=1S/C28H41N3O4S/c1-5-9-16-30(17-10-6-2)26-19-22(14-18-32)20-27(36(33,34)31(7-3)8-4)28(26)35-24-11-12-25-23(21-24)13-15-29-25/h11-13,15,19-21,29,32H,5-10,14,16-18H2,1-4H3. The van der Waals surface area contributed by atoms with E-state index < -0.39 is 10.0 Å². The van der Waals surface area contributed by atoms with Crippen molar-refractivity contribution >= 4 is 26.6 Å². The van der Waals surface area contributed by atoms with E-state index in [1.165, 1.54) is 4.31 Å². The first kappa shape index (κ1) is 28.0. The molecule has 0 spiro atoms. The van der Waals surface area contributed by atoms with E-state index in [4.69, 9.17) is 4.74 Å². The molecule has 2 N–H and O–H groups in total. The number of fused-ring (bicyclic) bond motifs is 1. The first-order valence-electron chi connectivity index (χ1n) is 13.2. The smallest absolute Gasteiger partial charge is 0.246 e. The zero-order valence-corrected chi connectivity index (χ0v) is 22.9. The molecule has 0 aliphatic heterocycles. The second-order valence-corrected chi connectivity index (χ2v) is 10.9. The van der Waals surface area contributed by atoms with Crippen LogP contribution in [0.1, 0.15) is 58.9 Å². The number of ether oxygens (including phenoxy) is 1. The first-order chi connectivity index (χ1) is 17.4. The molecule has 0 amide bonds. The molecule has 3 rings (SSSR count). The second kappa shape index (κ2) is 13.1. The molecule has 1 aromatic heterocycles. The normalized spacial score (nSPS) is 11.9. The summed E-state index contributed by atoms with van der Waals surface area (Å²) in [5.41, 5.74) is 2.54. The van der Waals surface area contributed by atoms with E-state index in [9.17, 15) is 13.5 Å². The quantitative estimate of drug-likeness (QED) is 0.262. The van der Waals surface area contributed by atoms with Gasteiger partial charge in [-0.25, -0.2) is 8.42 Å². The number of anilines is 1. The van der Waals surface area contributed by atoms with E-state index in [2.05, 4.69) is 23.7 Å². The van der Waals surface area contributed by atoms with E-state index in [0.717, 1.165) is 60.9 Å². The number of nitrogens with zero attached hydrogens (tertiary/aromatic N) is 2. The molecule has 0 radical (unpaired) electrons. The topological polar surface area (TPSA) is 85.9 Å². The Morgan fingerprint density at radius 3 is 2.25 bits per heavy atom. The molecule has 0 saturated carbocycles. The van der Waals surface area contributed by atoms with Gasteiger partial charge in [0.05, 0.1) is 5.69 Å². The molecule has 36 heavy (non-hydrogen) atoms.